The molecule has 0 saturated carbocycles. The van der Waals surface area contributed by atoms with Crippen molar-refractivity contribution in [1.82, 2.24) is 24.6 Å². The molecule has 1 amide bonds. The molecule has 4 rings (SSSR count). The van der Waals surface area contributed by atoms with Gasteiger partial charge in [-0.15, -0.1) is 0 Å². The predicted molar refractivity (Wildman–Crippen MR) is 119 cm³/mol. The largest absolute Gasteiger partial charge is 0.347 e. The fourth-order valence-corrected chi connectivity index (χ4v) is 3.95. The normalized spacial score (nSPS) is 16.1. The monoisotopic (exact) mass is 436 g/mol. The molecule has 32 heavy (non-hydrogen) atoms. The Morgan fingerprint density at radius 1 is 1.22 bits per heavy atom. The van der Waals surface area contributed by atoms with Gasteiger partial charge in [-0.2, -0.15) is 5.10 Å². The maximum atomic E-state index is 13.9. The van der Waals surface area contributed by atoms with Crippen LogP contribution in [0.4, 0.5) is 10.3 Å². The van der Waals surface area contributed by atoms with Gasteiger partial charge in [0, 0.05) is 58.0 Å². The molecule has 3 heterocycles. The number of rotatable bonds is 4. The van der Waals surface area contributed by atoms with Crippen LogP contribution in [0.2, 0.25) is 0 Å². The molecular weight excluding hydrogens is 411 g/mol. The van der Waals surface area contributed by atoms with E-state index in [0.29, 0.717) is 24.6 Å². The third-order valence-corrected chi connectivity index (χ3v) is 5.62. The SMILES string of the molecule is CN(C)c1ncc(-c2cccc(F)c2)c([C@@H]2CCCN(C(=O)c3ccc(=O)n(C)n3)C2)n1. The van der Waals surface area contributed by atoms with E-state index in [1.807, 2.05) is 25.1 Å². The number of amides is 1. The van der Waals surface area contributed by atoms with Crippen molar-refractivity contribution in [3.8, 4) is 11.1 Å². The lowest BCUT2D eigenvalue weighted by atomic mass is 9.89. The van der Waals surface area contributed by atoms with E-state index in [1.165, 1.54) is 31.3 Å². The van der Waals surface area contributed by atoms with E-state index in [-0.39, 0.29) is 28.9 Å². The van der Waals surface area contributed by atoms with Gasteiger partial charge >= 0.3 is 0 Å². The minimum Gasteiger partial charge on any atom is -0.347 e. The van der Waals surface area contributed by atoms with Crippen molar-refractivity contribution in [1.29, 1.82) is 0 Å². The Hall–Kier alpha value is -3.62. The smallest absolute Gasteiger partial charge is 0.274 e. The first-order valence-electron chi connectivity index (χ1n) is 10.5. The zero-order valence-corrected chi connectivity index (χ0v) is 18.3. The summed E-state index contributed by atoms with van der Waals surface area (Å²) in [5.74, 6) is -0.0330. The molecule has 1 aromatic carbocycles. The zero-order chi connectivity index (χ0) is 22.8. The molecule has 0 bridgehead atoms. The van der Waals surface area contributed by atoms with Crippen molar-refractivity contribution in [3.63, 3.8) is 0 Å². The molecule has 1 atom stereocenters. The lowest BCUT2D eigenvalue weighted by Gasteiger charge is -2.33. The van der Waals surface area contributed by atoms with Crippen molar-refractivity contribution in [3.05, 3.63) is 70.2 Å². The topological polar surface area (TPSA) is 84.2 Å². The van der Waals surface area contributed by atoms with Crippen molar-refractivity contribution >= 4 is 11.9 Å². The van der Waals surface area contributed by atoms with Crippen LogP contribution < -0.4 is 10.5 Å². The van der Waals surface area contributed by atoms with Crippen LogP contribution in [-0.2, 0) is 7.05 Å². The van der Waals surface area contributed by atoms with Crippen molar-refractivity contribution < 1.29 is 9.18 Å². The maximum absolute atomic E-state index is 13.9. The molecule has 2 aromatic heterocycles. The van der Waals surface area contributed by atoms with Gasteiger partial charge in [0.2, 0.25) is 5.95 Å². The number of piperidine rings is 1. The molecule has 0 radical (unpaired) electrons. The van der Waals surface area contributed by atoms with Crippen LogP contribution in [-0.4, -0.2) is 57.7 Å². The molecule has 0 aliphatic carbocycles. The maximum Gasteiger partial charge on any atom is 0.274 e. The second kappa shape index (κ2) is 8.86. The highest BCUT2D eigenvalue weighted by Gasteiger charge is 2.29. The van der Waals surface area contributed by atoms with Gasteiger partial charge in [-0.1, -0.05) is 12.1 Å². The van der Waals surface area contributed by atoms with Gasteiger partial charge in [-0.3, -0.25) is 9.59 Å². The van der Waals surface area contributed by atoms with Crippen LogP contribution in [0, 0.1) is 5.82 Å². The molecule has 3 aromatic rings. The van der Waals surface area contributed by atoms with Crippen LogP contribution in [0.5, 0.6) is 0 Å². The van der Waals surface area contributed by atoms with Gasteiger partial charge in [-0.05, 0) is 36.6 Å². The lowest BCUT2D eigenvalue weighted by Crippen LogP contribution is -2.40. The zero-order valence-electron chi connectivity index (χ0n) is 18.3. The van der Waals surface area contributed by atoms with Gasteiger partial charge in [-0.25, -0.2) is 19.0 Å². The van der Waals surface area contributed by atoms with E-state index in [0.717, 1.165) is 28.8 Å². The van der Waals surface area contributed by atoms with E-state index in [4.69, 9.17) is 4.98 Å². The van der Waals surface area contributed by atoms with Crippen molar-refractivity contribution in [2.24, 2.45) is 7.05 Å². The number of aryl methyl sites for hydroxylation is 1. The van der Waals surface area contributed by atoms with E-state index in [9.17, 15) is 14.0 Å². The number of carbonyl (C=O) groups is 1. The molecule has 1 aliphatic heterocycles. The third-order valence-electron chi connectivity index (χ3n) is 5.62. The minimum absolute atomic E-state index is 0.0415. The van der Waals surface area contributed by atoms with E-state index in [1.54, 1.807) is 17.2 Å². The van der Waals surface area contributed by atoms with Gasteiger partial charge in [0.05, 0.1) is 5.69 Å². The Bertz CT molecular complexity index is 1210. The molecule has 1 saturated heterocycles. The van der Waals surface area contributed by atoms with Gasteiger partial charge < -0.3 is 9.80 Å². The van der Waals surface area contributed by atoms with Crippen LogP contribution in [0.3, 0.4) is 0 Å². The Kier molecular flexibility index (Phi) is 5.98. The summed E-state index contributed by atoms with van der Waals surface area (Å²) in [6.45, 7) is 1.05. The van der Waals surface area contributed by atoms with Gasteiger partial charge in [0.1, 0.15) is 11.5 Å². The van der Waals surface area contributed by atoms with Crippen LogP contribution in [0.15, 0.2) is 47.4 Å². The highest BCUT2D eigenvalue weighted by Crippen LogP contribution is 2.34. The summed E-state index contributed by atoms with van der Waals surface area (Å²) in [5, 5.41) is 4.10. The lowest BCUT2D eigenvalue weighted by molar-refractivity contribution is 0.0697. The molecule has 8 nitrogen and oxygen atoms in total. The number of carbonyl (C=O) groups excluding carboxylic acids is 1. The molecule has 0 N–H and O–H groups in total. The third kappa shape index (κ3) is 4.37. The summed E-state index contributed by atoms with van der Waals surface area (Å²) < 4.78 is 15.1. The van der Waals surface area contributed by atoms with Crippen molar-refractivity contribution in [2.75, 3.05) is 32.1 Å². The van der Waals surface area contributed by atoms with E-state index < -0.39 is 0 Å². The number of aromatic nitrogens is 4. The first-order valence-corrected chi connectivity index (χ1v) is 10.5. The Morgan fingerprint density at radius 3 is 2.75 bits per heavy atom. The number of hydrogen-bond donors (Lipinski definition) is 0. The average molecular weight is 436 g/mol. The summed E-state index contributed by atoms with van der Waals surface area (Å²) in [7, 11) is 5.25. The number of hydrogen-bond acceptors (Lipinski definition) is 6. The summed E-state index contributed by atoms with van der Waals surface area (Å²) in [6.07, 6.45) is 3.37. The van der Waals surface area contributed by atoms with E-state index in [2.05, 4.69) is 10.1 Å². The minimum atomic E-state index is -0.327. The predicted octanol–water partition coefficient (Wildman–Crippen LogP) is 2.46. The highest BCUT2D eigenvalue weighted by molar-refractivity contribution is 5.92. The highest BCUT2D eigenvalue weighted by atomic mass is 19.1. The number of halogens is 1. The number of nitrogens with zero attached hydrogens (tertiary/aromatic N) is 6. The molecule has 166 valence electrons. The molecule has 1 aliphatic rings. The average Bonchev–Trinajstić information content (AvgIpc) is 2.80. The Balaban J connectivity index is 1.68. The first kappa shape index (κ1) is 21.6. The summed E-state index contributed by atoms with van der Waals surface area (Å²) in [4.78, 5) is 37.5. The van der Waals surface area contributed by atoms with Crippen LogP contribution in [0.25, 0.3) is 11.1 Å². The first-order chi connectivity index (χ1) is 15.3. The van der Waals surface area contributed by atoms with Gasteiger partial charge in [0.25, 0.3) is 11.5 Å². The Labute approximate surface area is 185 Å². The second-order valence-electron chi connectivity index (χ2n) is 8.14. The molecule has 1 fully saturated rings. The van der Waals surface area contributed by atoms with Gasteiger partial charge in [0.15, 0.2) is 0 Å². The number of anilines is 1. The fraction of sp³-hybridized carbons (Fsp3) is 0.348. The summed E-state index contributed by atoms with van der Waals surface area (Å²) >= 11 is 0. The second-order valence-corrected chi connectivity index (χ2v) is 8.14. The van der Waals surface area contributed by atoms with Crippen molar-refractivity contribution in [2.45, 2.75) is 18.8 Å². The quantitative estimate of drug-likeness (QED) is 0.625. The number of benzene rings is 1. The van der Waals surface area contributed by atoms with Crippen LogP contribution >= 0.6 is 0 Å². The van der Waals surface area contributed by atoms with E-state index >= 15 is 0 Å². The molecule has 9 heteroatoms. The van der Waals surface area contributed by atoms with Crippen LogP contribution in [0.1, 0.15) is 34.9 Å². The summed E-state index contributed by atoms with van der Waals surface area (Å²) in [6, 6.07) is 9.17. The Morgan fingerprint density at radius 2 is 2.03 bits per heavy atom. The fourth-order valence-electron chi connectivity index (χ4n) is 3.95. The molecular formula is C23H25FN6O2. The standard InChI is InChI=1S/C23H25FN6O2/c1-28(2)23-25-13-18(15-6-4-8-17(24)12-15)21(26-23)16-7-5-11-30(14-16)22(32)19-9-10-20(31)29(3)27-19/h4,6,8-10,12-13,16H,5,7,11,14H2,1-3H3/t16-/m1/s1. The summed E-state index contributed by atoms with van der Waals surface area (Å²) in [5.41, 5.74) is 2.22. The molecule has 0 spiro atoms. The molecule has 0 unspecified atom stereocenters. The number of likely N-dealkylation sites (tertiary alicyclic amines) is 1.